The van der Waals surface area contributed by atoms with E-state index in [-0.39, 0.29) is 0 Å². The molecular weight excluding hydrogens is 294 g/mol. The lowest BCUT2D eigenvalue weighted by Crippen LogP contribution is -2.03. The summed E-state index contributed by atoms with van der Waals surface area (Å²) in [6.07, 6.45) is 5.09. The van der Waals surface area contributed by atoms with Crippen molar-refractivity contribution in [2.24, 2.45) is 0 Å². The summed E-state index contributed by atoms with van der Waals surface area (Å²) >= 11 is 3.38. The topological polar surface area (TPSA) is 39.2 Å². The first-order chi connectivity index (χ1) is 8.81. The summed E-state index contributed by atoms with van der Waals surface area (Å²) in [7, 11) is 0. The van der Waals surface area contributed by atoms with Crippen molar-refractivity contribution in [2.75, 3.05) is 6.61 Å². The fourth-order valence-electron chi connectivity index (χ4n) is 1.59. The minimum absolute atomic E-state index is 0.521. The molecule has 0 amide bonds. The van der Waals surface area contributed by atoms with Gasteiger partial charge in [0, 0.05) is 18.8 Å². The normalized spacial score (nSPS) is 10.1. The summed E-state index contributed by atoms with van der Waals surface area (Å²) in [4.78, 5) is 14.9. The number of nitrogens with zero attached hydrogens (tertiary/aromatic N) is 1. The summed E-state index contributed by atoms with van der Waals surface area (Å²) in [6, 6.07) is 9.30. The maximum absolute atomic E-state index is 10.9. The van der Waals surface area contributed by atoms with Gasteiger partial charge >= 0.3 is 0 Å². The Bertz CT molecular complexity index is 529. The third-order valence-corrected chi connectivity index (χ3v) is 3.14. The van der Waals surface area contributed by atoms with Gasteiger partial charge in [0.1, 0.15) is 5.75 Å². The molecule has 1 aromatic carbocycles. The van der Waals surface area contributed by atoms with E-state index in [4.69, 9.17) is 4.74 Å². The number of aromatic nitrogens is 1. The number of ether oxygens (including phenoxy) is 1. The van der Waals surface area contributed by atoms with E-state index < -0.39 is 0 Å². The van der Waals surface area contributed by atoms with Crippen LogP contribution in [-0.2, 0) is 6.42 Å². The van der Waals surface area contributed by atoms with Crippen molar-refractivity contribution < 1.29 is 9.53 Å². The van der Waals surface area contributed by atoms with E-state index in [0.29, 0.717) is 17.9 Å². The number of aldehydes is 1. The summed E-state index contributed by atoms with van der Waals surface area (Å²) in [5.74, 6) is 0.599. The van der Waals surface area contributed by atoms with Crippen molar-refractivity contribution in [3.63, 3.8) is 0 Å². The lowest BCUT2D eigenvalue weighted by molar-refractivity contribution is 0.111. The van der Waals surface area contributed by atoms with E-state index in [9.17, 15) is 4.79 Å². The third kappa shape index (κ3) is 3.17. The number of carbonyl (C=O) groups is 1. The largest absolute Gasteiger partial charge is 0.491 e. The van der Waals surface area contributed by atoms with Crippen LogP contribution in [0.1, 0.15) is 15.9 Å². The van der Waals surface area contributed by atoms with Gasteiger partial charge in [-0.05, 0) is 45.8 Å². The lowest BCUT2D eigenvalue weighted by atomic mass is 10.2. The predicted octanol–water partition coefficient (Wildman–Crippen LogP) is 3.28. The fraction of sp³-hybridized carbons (Fsp3) is 0.143. The Morgan fingerprint density at radius 1 is 1.22 bits per heavy atom. The van der Waals surface area contributed by atoms with Gasteiger partial charge in [0.05, 0.1) is 16.6 Å². The predicted molar refractivity (Wildman–Crippen MR) is 73.0 cm³/mol. The molecule has 0 N–H and O–H groups in total. The molecule has 3 nitrogen and oxygen atoms in total. The van der Waals surface area contributed by atoms with Crippen molar-refractivity contribution in [1.82, 2.24) is 4.98 Å². The molecule has 0 spiro atoms. The standard InChI is InChI=1S/C14H12BrNO2/c15-13-3-1-2-12(10-17)14(13)18-9-6-11-4-7-16-8-5-11/h1-5,7-8,10H,6,9H2. The smallest absolute Gasteiger partial charge is 0.153 e. The number of carbonyl (C=O) groups excluding carboxylic acids is 1. The summed E-state index contributed by atoms with van der Waals surface area (Å²) in [5.41, 5.74) is 1.71. The molecule has 0 aliphatic rings. The average molecular weight is 306 g/mol. The third-order valence-electron chi connectivity index (χ3n) is 2.51. The lowest BCUT2D eigenvalue weighted by Gasteiger charge is -2.10. The number of rotatable bonds is 5. The zero-order valence-electron chi connectivity index (χ0n) is 9.67. The van der Waals surface area contributed by atoms with E-state index in [2.05, 4.69) is 20.9 Å². The van der Waals surface area contributed by atoms with E-state index in [1.807, 2.05) is 24.3 Å². The molecule has 0 bridgehead atoms. The maximum atomic E-state index is 10.9. The highest BCUT2D eigenvalue weighted by molar-refractivity contribution is 9.10. The van der Waals surface area contributed by atoms with Crippen LogP contribution in [-0.4, -0.2) is 17.9 Å². The second kappa shape index (κ2) is 6.31. The SMILES string of the molecule is O=Cc1cccc(Br)c1OCCc1ccncc1. The highest BCUT2D eigenvalue weighted by atomic mass is 79.9. The molecule has 0 unspecified atom stereocenters. The molecule has 2 rings (SSSR count). The molecule has 1 aromatic heterocycles. The molecule has 18 heavy (non-hydrogen) atoms. The van der Waals surface area contributed by atoms with Gasteiger partial charge in [-0.15, -0.1) is 0 Å². The highest BCUT2D eigenvalue weighted by Crippen LogP contribution is 2.28. The zero-order chi connectivity index (χ0) is 12.8. The zero-order valence-corrected chi connectivity index (χ0v) is 11.3. The van der Waals surface area contributed by atoms with Crippen LogP contribution in [0.3, 0.4) is 0 Å². The molecule has 1 heterocycles. The van der Waals surface area contributed by atoms with Crippen molar-refractivity contribution in [3.8, 4) is 5.75 Å². The molecule has 92 valence electrons. The number of benzene rings is 1. The van der Waals surface area contributed by atoms with Gasteiger partial charge < -0.3 is 4.74 Å². The quantitative estimate of drug-likeness (QED) is 0.796. The molecule has 0 saturated heterocycles. The molecule has 0 atom stereocenters. The Morgan fingerprint density at radius 2 is 2.00 bits per heavy atom. The maximum Gasteiger partial charge on any atom is 0.153 e. The van der Waals surface area contributed by atoms with Gasteiger partial charge in [0.15, 0.2) is 6.29 Å². The number of hydrogen-bond donors (Lipinski definition) is 0. The van der Waals surface area contributed by atoms with Gasteiger partial charge in [0.2, 0.25) is 0 Å². The van der Waals surface area contributed by atoms with Crippen molar-refractivity contribution in [2.45, 2.75) is 6.42 Å². The molecule has 0 fully saturated rings. The van der Waals surface area contributed by atoms with E-state index in [0.717, 1.165) is 22.7 Å². The first kappa shape index (κ1) is 12.8. The second-order valence-electron chi connectivity index (χ2n) is 3.73. The number of halogens is 1. The first-order valence-electron chi connectivity index (χ1n) is 5.56. The number of hydrogen-bond acceptors (Lipinski definition) is 3. The van der Waals surface area contributed by atoms with E-state index in [1.54, 1.807) is 18.5 Å². The second-order valence-corrected chi connectivity index (χ2v) is 4.58. The van der Waals surface area contributed by atoms with Gasteiger partial charge in [-0.2, -0.15) is 0 Å². The average Bonchev–Trinajstić information content (AvgIpc) is 2.41. The first-order valence-corrected chi connectivity index (χ1v) is 6.36. The molecule has 4 heteroatoms. The highest BCUT2D eigenvalue weighted by Gasteiger charge is 2.07. The minimum Gasteiger partial charge on any atom is -0.491 e. The van der Waals surface area contributed by atoms with E-state index in [1.165, 1.54) is 0 Å². The number of pyridine rings is 1. The van der Waals surface area contributed by atoms with E-state index >= 15 is 0 Å². The van der Waals surface area contributed by atoms with Crippen molar-refractivity contribution in [1.29, 1.82) is 0 Å². The van der Waals surface area contributed by atoms with Crippen LogP contribution in [0.5, 0.6) is 5.75 Å². The van der Waals surface area contributed by atoms with Crippen LogP contribution in [0.25, 0.3) is 0 Å². The monoisotopic (exact) mass is 305 g/mol. The van der Waals surface area contributed by atoms with Crippen LogP contribution in [0.2, 0.25) is 0 Å². The van der Waals surface area contributed by atoms with Crippen LogP contribution in [0, 0.1) is 0 Å². The molecule has 0 saturated carbocycles. The number of para-hydroxylation sites is 1. The Labute approximate surface area is 114 Å². The van der Waals surface area contributed by atoms with Gasteiger partial charge in [-0.1, -0.05) is 6.07 Å². The molecule has 0 aliphatic heterocycles. The van der Waals surface area contributed by atoms with Gasteiger partial charge in [-0.25, -0.2) is 0 Å². The Morgan fingerprint density at radius 3 is 2.72 bits per heavy atom. The fourth-order valence-corrected chi connectivity index (χ4v) is 2.09. The minimum atomic E-state index is 0.521. The van der Waals surface area contributed by atoms with Crippen LogP contribution in [0.4, 0.5) is 0 Å². The molecule has 2 aromatic rings. The molecule has 0 radical (unpaired) electrons. The molecule has 0 aliphatic carbocycles. The molecular formula is C14H12BrNO2. The summed E-state index contributed by atoms with van der Waals surface area (Å²) < 4.78 is 6.46. The van der Waals surface area contributed by atoms with Crippen molar-refractivity contribution >= 4 is 22.2 Å². The Balaban J connectivity index is 2.00. The van der Waals surface area contributed by atoms with Crippen LogP contribution in [0.15, 0.2) is 47.2 Å². The van der Waals surface area contributed by atoms with Crippen molar-refractivity contribution in [3.05, 3.63) is 58.3 Å². The van der Waals surface area contributed by atoms with Crippen LogP contribution >= 0.6 is 15.9 Å². The van der Waals surface area contributed by atoms with Crippen LogP contribution < -0.4 is 4.74 Å². The van der Waals surface area contributed by atoms with Gasteiger partial charge in [-0.3, -0.25) is 9.78 Å². The summed E-state index contributed by atoms with van der Waals surface area (Å²) in [6.45, 7) is 0.521. The van der Waals surface area contributed by atoms with Gasteiger partial charge in [0.25, 0.3) is 0 Å². The Kier molecular flexibility index (Phi) is 4.47. The summed E-state index contributed by atoms with van der Waals surface area (Å²) in [5, 5.41) is 0. The Hall–Kier alpha value is -1.68.